The van der Waals surface area contributed by atoms with E-state index in [1.165, 1.54) is 18.3 Å². The molecule has 1 aromatic heterocycles. The number of hydrogen-bond acceptors (Lipinski definition) is 4. The number of nitrogens with zero attached hydrogens (tertiary/aromatic N) is 1. The standard InChI is InChI=1S/C12H15N3O4/c1-12(2,11(13)19)6-15-9(16)8-7(10(17)18)4-3-5-14-8/h3-5H,6H2,1-2H3,(H2,13,19)(H,15,16)(H,17,18). The van der Waals surface area contributed by atoms with Gasteiger partial charge in [0.05, 0.1) is 11.0 Å². The van der Waals surface area contributed by atoms with Crippen molar-refractivity contribution in [3.63, 3.8) is 0 Å². The van der Waals surface area contributed by atoms with Crippen LogP contribution in [-0.4, -0.2) is 34.4 Å². The van der Waals surface area contributed by atoms with Crippen LogP contribution in [-0.2, 0) is 4.79 Å². The molecule has 1 rings (SSSR count). The number of hydrogen-bond donors (Lipinski definition) is 3. The predicted molar refractivity (Wildman–Crippen MR) is 66.5 cm³/mol. The second-order valence-electron chi connectivity index (χ2n) is 4.64. The van der Waals surface area contributed by atoms with Crippen LogP contribution in [0.5, 0.6) is 0 Å². The molecule has 0 spiro atoms. The molecule has 7 heteroatoms. The highest BCUT2D eigenvalue weighted by Crippen LogP contribution is 2.12. The molecule has 0 fully saturated rings. The summed E-state index contributed by atoms with van der Waals surface area (Å²) in [6, 6.07) is 2.71. The number of primary amides is 1. The summed E-state index contributed by atoms with van der Waals surface area (Å²) in [6.07, 6.45) is 1.32. The Morgan fingerprint density at radius 3 is 2.58 bits per heavy atom. The number of amides is 2. The van der Waals surface area contributed by atoms with Gasteiger partial charge in [0.15, 0.2) is 0 Å². The van der Waals surface area contributed by atoms with Gasteiger partial charge in [-0.1, -0.05) is 0 Å². The summed E-state index contributed by atoms with van der Waals surface area (Å²) in [5.74, 6) is -2.47. The van der Waals surface area contributed by atoms with Crippen LogP contribution in [0.4, 0.5) is 0 Å². The van der Waals surface area contributed by atoms with E-state index in [9.17, 15) is 14.4 Å². The van der Waals surface area contributed by atoms with Crippen LogP contribution in [0.3, 0.4) is 0 Å². The number of aromatic carboxylic acids is 1. The molecule has 0 saturated heterocycles. The Kier molecular flexibility index (Phi) is 4.21. The Morgan fingerprint density at radius 1 is 1.42 bits per heavy atom. The van der Waals surface area contributed by atoms with Gasteiger partial charge in [0.25, 0.3) is 5.91 Å². The number of carboxylic acid groups (broad SMARTS) is 1. The second-order valence-corrected chi connectivity index (χ2v) is 4.64. The lowest BCUT2D eigenvalue weighted by atomic mass is 9.93. The fourth-order valence-electron chi connectivity index (χ4n) is 1.23. The van der Waals surface area contributed by atoms with Crippen molar-refractivity contribution in [1.29, 1.82) is 0 Å². The lowest BCUT2D eigenvalue weighted by Gasteiger charge is -2.20. The molecular weight excluding hydrogens is 250 g/mol. The minimum atomic E-state index is -1.24. The van der Waals surface area contributed by atoms with Crippen LogP contribution in [0, 0.1) is 5.41 Å². The minimum Gasteiger partial charge on any atom is -0.478 e. The van der Waals surface area contributed by atoms with Crippen LogP contribution in [0.25, 0.3) is 0 Å². The van der Waals surface area contributed by atoms with E-state index >= 15 is 0 Å². The molecule has 2 amide bonds. The Morgan fingerprint density at radius 2 is 2.05 bits per heavy atom. The lowest BCUT2D eigenvalue weighted by molar-refractivity contribution is -0.125. The fraction of sp³-hybridized carbons (Fsp3) is 0.333. The third-order valence-corrected chi connectivity index (χ3v) is 2.61. The number of aromatic nitrogens is 1. The van der Waals surface area contributed by atoms with E-state index in [1.807, 2.05) is 0 Å². The minimum absolute atomic E-state index is 0.00317. The van der Waals surface area contributed by atoms with Crippen molar-refractivity contribution in [1.82, 2.24) is 10.3 Å². The number of pyridine rings is 1. The monoisotopic (exact) mass is 265 g/mol. The summed E-state index contributed by atoms with van der Waals surface area (Å²) in [5.41, 5.74) is 3.85. The van der Waals surface area contributed by atoms with Crippen LogP contribution in [0.2, 0.25) is 0 Å². The molecule has 102 valence electrons. The smallest absolute Gasteiger partial charge is 0.338 e. The van der Waals surface area contributed by atoms with Crippen molar-refractivity contribution >= 4 is 17.8 Å². The maximum absolute atomic E-state index is 11.9. The molecule has 4 N–H and O–H groups in total. The third kappa shape index (κ3) is 3.51. The third-order valence-electron chi connectivity index (χ3n) is 2.61. The molecule has 7 nitrogen and oxygen atoms in total. The van der Waals surface area contributed by atoms with Gasteiger partial charge in [-0.05, 0) is 26.0 Å². The number of carbonyl (C=O) groups is 3. The van der Waals surface area contributed by atoms with Crippen molar-refractivity contribution in [2.45, 2.75) is 13.8 Å². The highest BCUT2D eigenvalue weighted by molar-refractivity contribution is 6.03. The van der Waals surface area contributed by atoms with Gasteiger partial charge in [-0.3, -0.25) is 14.6 Å². The molecule has 0 aliphatic carbocycles. The van der Waals surface area contributed by atoms with E-state index < -0.39 is 23.2 Å². The molecule has 0 aliphatic rings. The Bertz CT molecular complexity index is 525. The van der Waals surface area contributed by atoms with Gasteiger partial charge in [-0.15, -0.1) is 0 Å². The molecule has 19 heavy (non-hydrogen) atoms. The molecule has 0 unspecified atom stereocenters. The Balaban J connectivity index is 2.86. The quantitative estimate of drug-likeness (QED) is 0.692. The van der Waals surface area contributed by atoms with Crippen molar-refractivity contribution in [3.8, 4) is 0 Å². The van der Waals surface area contributed by atoms with E-state index in [0.717, 1.165) is 0 Å². The number of carbonyl (C=O) groups excluding carboxylic acids is 2. The molecule has 0 saturated carbocycles. The van der Waals surface area contributed by atoms with E-state index in [-0.39, 0.29) is 17.8 Å². The van der Waals surface area contributed by atoms with Crippen molar-refractivity contribution < 1.29 is 19.5 Å². The first-order chi connectivity index (χ1) is 8.75. The lowest BCUT2D eigenvalue weighted by Crippen LogP contribution is -2.42. The molecule has 0 bridgehead atoms. The van der Waals surface area contributed by atoms with Gasteiger partial charge in [-0.25, -0.2) is 4.79 Å². The number of nitrogens with one attached hydrogen (secondary N) is 1. The van der Waals surface area contributed by atoms with E-state index in [4.69, 9.17) is 10.8 Å². The Hall–Kier alpha value is -2.44. The summed E-state index contributed by atoms with van der Waals surface area (Å²) < 4.78 is 0. The van der Waals surface area contributed by atoms with Gasteiger partial charge in [0.1, 0.15) is 5.69 Å². The zero-order valence-corrected chi connectivity index (χ0v) is 10.6. The molecule has 0 radical (unpaired) electrons. The topological polar surface area (TPSA) is 122 Å². The van der Waals surface area contributed by atoms with E-state index in [1.54, 1.807) is 13.8 Å². The van der Waals surface area contributed by atoms with Gasteiger partial charge in [0.2, 0.25) is 5.91 Å². The maximum atomic E-state index is 11.9. The first-order valence-corrected chi connectivity index (χ1v) is 5.52. The van der Waals surface area contributed by atoms with Crippen molar-refractivity contribution in [2.75, 3.05) is 6.54 Å². The van der Waals surface area contributed by atoms with Gasteiger partial charge < -0.3 is 16.2 Å². The SMILES string of the molecule is CC(C)(CNC(=O)c1ncccc1C(=O)O)C(N)=O. The average molecular weight is 265 g/mol. The molecule has 0 aliphatic heterocycles. The molecule has 0 aromatic carbocycles. The zero-order chi connectivity index (χ0) is 14.6. The molecule has 0 atom stereocenters. The van der Waals surface area contributed by atoms with Crippen LogP contribution in [0.15, 0.2) is 18.3 Å². The zero-order valence-electron chi connectivity index (χ0n) is 10.6. The summed E-state index contributed by atoms with van der Waals surface area (Å²) >= 11 is 0. The molecule has 1 heterocycles. The fourth-order valence-corrected chi connectivity index (χ4v) is 1.23. The average Bonchev–Trinajstić information content (AvgIpc) is 2.35. The predicted octanol–water partition coefficient (Wildman–Crippen LogP) is 0.0211. The van der Waals surface area contributed by atoms with E-state index in [2.05, 4.69) is 10.3 Å². The molecule has 1 aromatic rings. The summed E-state index contributed by atoms with van der Waals surface area (Å²) in [5, 5.41) is 11.4. The Labute approximate surface area is 109 Å². The first kappa shape index (κ1) is 14.6. The summed E-state index contributed by atoms with van der Waals surface area (Å²) in [4.78, 5) is 37.6. The largest absolute Gasteiger partial charge is 0.478 e. The van der Waals surface area contributed by atoms with Gasteiger partial charge in [-0.2, -0.15) is 0 Å². The highest BCUT2D eigenvalue weighted by Gasteiger charge is 2.26. The second kappa shape index (κ2) is 5.47. The summed E-state index contributed by atoms with van der Waals surface area (Å²) in [7, 11) is 0. The number of nitrogens with two attached hydrogens (primary N) is 1. The first-order valence-electron chi connectivity index (χ1n) is 5.52. The van der Waals surface area contributed by atoms with Crippen LogP contribution < -0.4 is 11.1 Å². The van der Waals surface area contributed by atoms with Crippen molar-refractivity contribution in [3.05, 3.63) is 29.6 Å². The summed E-state index contributed by atoms with van der Waals surface area (Å²) in [6.45, 7) is 3.15. The van der Waals surface area contributed by atoms with Gasteiger partial charge >= 0.3 is 5.97 Å². The van der Waals surface area contributed by atoms with Crippen molar-refractivity contribution in [2.24, 2.45) is 11.1 Å². The number of carboxylic acids is 1. The maximum Gasteiger partial charge on any atom is 0.338 e. The van der Waals surface area contributed by atoms with E-state index in [0.29, 0.717) is 0 Å². The number of rotatable bonds is 5. The van der Waals surface area contributed by atoms with Crippen LogP contribution >= 0.6 is 0 Å². The molecular formula is C12H15N3O4. The van der Waals surface area contributed by atoms with Gasteiger partial charge in [0, 0.05) is 12.7 Å². The highest BCUT2D eigenvalue weighted by atomic mass is 16.4. The van der Waals surface area contributed by atoms with Crippen LogP contribution in [0.1, 0.15) is 34.7 Å². The normalized spacial score (nSPS) is 10.8.